The molecule has 2 aliphatic heterocycles. The van der Waals surface area contributed by atoms with E-state index in [4.69, 9.17) is 20.5 Å². The van der Waals surface area contributed by atoms with Gasteiger partial charge in [0.15, 0.2) is 0 Å². The third kappa shape index (κ3) is 11.0. The summed E-state index contributed by atoms with van der Waals surface area (Å²) >= 11 is 0. The average molecular weight is 901 g/mol. The number of amides is 3. The molecule has 4 heterocycles. The Labute approximate surface area is 391 Å². The van der Waals surface area contributed by atoms with Gasteiger partial charge in [0.05, 0.1) is 34.6 Å². The van der Waals surface area contributed by atoms with Crippen LogP contribution in [-0.4, -0.2) is 74.4 Å². The lowest BCUT2D eigenvalue weighted by Crippen LogP contribution is -2.48. The first-order valence-corrected chi connectivity index (χ1v) is 22.6. The number of pyridine rings is 2. The van der Waals surface area contributed by atoms with Crippen molar-refractivity contribution in [1.29, 1.82) is 5.26 Å². The Bertz CT molecular complexity index is 2630. The number of cyclic esters (lactones) is 2. The van der Waals surface area contributed by atoms with Gasteiger partial charge < -0.3 is 35.2 Å². The van der Waals surface area contributed by atoms with E-state index in [1.165, 1.54) is 6.20 Å². The Morgan fingerprint density at radius 3 is 1.43 bits per heavy atom. The van der Waals surface area contributed by atoms with Crippen LogP contribution in [0, 0.1) is 11.3 Å². The molecule has 67 heavy (non-hydrogen) atoms. The van der Waals surface area contributed by atoms with E-state index >= 15 is 0 Å². The molecule has 0 unspecified atom stereocenters. The lowest BCUT2D eigenvalue weighted by molar-refractivity contribution is -0.0685. The molecule has 4 N–H and O–H groups in total. The van der Waals surface area contributed by atoms with Gasteiger partial charge in [-0.1, -0.05) is 109 Å². The van der Waals surface area contributed by atoms with Crippen LogP contribution in [0.4, 0.5) is 9.59 Å². The SMILES string of the molecule is C[C@@H](c1ccc(-c2ccc(C#N)cn2)cc1)N1CC[C@](CCCO)(c2ccccc2)OC1=O.C[C@@H](c1ccc(-c2ccc(C(N)=O)cn2)cc1)N1CC[C@](CCCO)(c2ccccc2)OC1=O. The van der Waals surface area contributed by atoms with E-state index in [0.29, 0.717) is 62.7 Å². The summed E-state index contributed by atoms with van der Waals surface area (Å²) in [6.45, 7) is 5.22. The van der Waals surface area contributed by atoms with E-state index in [-0.39, 0.29) is 37.5 Å². The number of carbonyl (C=O) groups excluding carboxylic acids is 3. The molecule has 344 valence electrons. The number of benzene rings is 4. The summed E-state index contributed by atoms with van der Waals surface area (Å²) in [5, 5.41) is 27.7. The Balaban J connectivity index is 0.000000199. The van der Waals surface area contributed by atoms with Crippen molar-refractivity contribution in [2.24, 2.45) is 5.73 Å². The highest BCUT2D eigenvalue weighted by Gasteiger charge is 2.44. The second-order valence-corrected chi connectivity index (χ2v) is 16.9. The standard InChI is InChI=1S/C27H29N3O4.C27H27N3O3/c1-19(20-8-10-21(11-9-20)24-13-12-22(18-29-24)25(28)32)30-16-15-27(14-5-17-31,34-26(30)33)23-6-3-2-4-7-23;1-20(22-9-11-23(12-10-22)25-13-8-21(18-28)19-29-25)30-16-15-27(14-5-17-31,33-26(30)32)24-6-3-2-4-7-24/h2-4,6-13,18-19,31H,5,14-17H2,1H3,(H2,28,32);2-4,6-13,19-20,31H,5,14-17H2,1H3/t19-,27+;20-,27+/m00/s1. The second-order valence-electron chi connectivity index (χ2n) is 16.9. The minimum absolute atomic E-state index is 0.0543. The number of aromatic nitrogens is 2. The van der Waals surface area contributed by atoms with Crippen molar-refractivity contribution in [3.05, 3.63) is 179 Å². The molecule has 4 aromatic carbocycles. The Kier molecular flexibility index (Phi) is 15.4. The highest BCUT2D eigenvalue weighted by atomic mass is 16.6. The number of ether oxygens (including phenoxy) is 2. The Morgan fingerprint density at radius 2 is 1.09 bits per heavy atom. The van der Waals surface area contributed by atoms with Gasteiger partial charge in [-0.25, -0.2) is 9.59 Å². The third-order valence-corrected chi connectivity index (χ3v) is 12.9. The molecular formula is C54H56N6O7. The molecule has 13 nitrogen and oxygen atoms in total. The van der Waals surface area contributed by atoms with Crippen molar-refractivity contribution < 1.29 is 34.1 Å². The largest absolute Gasteiger partial charge is 0.438 e. The summed E-state index contributed by atoms with van der Waals surface area (Å²) in [6, 6.07) is 44.1. The van der Waals surface area contributed by atoms with E-state index in [1.807, 2.05) is 129 Å². The molecule has 0 radical (unpaired) electrons. The molecule has 13 heteroatoms. The number of nitrogens with two attached hydrogens (primary N) is 1. The topological polar surface area (TPSA) is 192 Å². The van der Waals surface area contributed by atoms with Crippen LogP contribution in [0.5, 0.6) is 0 Å². The average Bonchev–Trinajstić information content (AvgIpc) is 3.38. The molecule has 0 bridgehead atoms. The molecule has 2 aromatic heterocycles. The fourth-order valence-corrected chi connectivity index (χ4v) is 8.87. The summed E-state index contributed by atoms with van der Waals surface area (Å²) in [5.74, 6) is -0.510. The predicted octanol–water partition coefficient (Wildman–Crippen LogP) is 9.61. The van der Waals surface area contributed by atoms with Gasteiger partial charge >= 0.3 is 12.2 Å². The lowest BCUT2D eigenvalue weighted by atomic mass is 9.84. The third-order valence-electron chi connectivity index (χ3n) is 12.9. The van der Waals surface area contributed by atoms with Crippen molar-refractivity contribution in [2.75, 3.05) is 26.3 Å². The van der Waals surface area contributed by atoms with Gasteiger partial charge in [0.2, 0.25) is 5.91 Å². The van der Waals surface area contributed by atoms with Gasteiger partial charge in [-0.3, -0.25) is 14.8 Å². The van der Waals surface area contributed by atoms with E-state index in [9.17, 15) is 24.6 Å². The van der Waals surface area contributed by atoms with Crippen molar-refractivity contribution in [3.63, 3.8) is 0 Å². The normalized spacial score (nSPS) is 18.9. The van der Waals surface area contributed by atoms with Crippen LogP contribution < -0.4 is 5.73 Å². The highest BCUT2D eigenvalue weighted by Crippen LogP contribution is 2.42. The molecule has 0 saturated carbocycles. The number of nitrogens with zero attached hydrogens (tertiary/aromatic N) is 5. The second kappa shape index (κ2) is 21.7. The molecule has 4 atom stereocenters. The summed E-state index contributed by atoms with van der Waals surface area (Å²) in [5.41, 5.74) is 12.0. The van der Waals surface area contributed by atoms with Gasteiger partial charge in [-0.15, -0.1) is 0 Å². The van der Waals surface area contributed by atoms with Crippen molar-refractivity contribution >= 4 is 18.1 Å². The Morgan fingerprint density at radius 1 is 0.657 bits per heavy atom. The monoisotopic (exact) mass is 900 g/mol. The predicted molar refractivity (Wildman–Crippen MR) is 254 cm³/mol. The fourth-order valence-electron chi connectivity index (χ4n) is 8.87. The van der Waals surface area contributed by atoms with Gasteiger partial charge in [0, 0.05) is 62.7 Å². The molecule has 0 spiro atoms. The van der Waals surface area contributed by atoms with Crippen molar-refractivity contribution in [3.8, 4) is 28.6 Å². The van der Waals surface area contributed by atoms with Gasteiger partial charge in [0.1, 0.15) is 17.3 Å². The fraction of sp³-hybridized carbons (Fsp3) is 0.296. The van der Waals surface area contributed by atoms with E-state index < -0.39 is 17.1 Å². The van der Waals surface area contributed by atoms with Gasteiger partial charge in [-0.2, -0.15) is 5.26 Å². The molecule has 2 saturated heterocycles. The van der Waals surface area contributed by atoms with Crippen LogP contribution in [0.25, 0.3) is 22.5 Å². The number of nitriles is 1. The number of aliphatic hydroxyl groups is 2. The number of aliphatic hydroxyl groups excluding tert-OH is 2. The van der Waals surface area contributed by atoms with Crippen LogP contribution in [0.15, 0.2) is 146 Å². The minimum Gasteiger partial charge on any atom is -0.438 e. The van der Waals surface area contributed by atoms with E-state index in [1.54, 1.807) is 34.2 Å². The van der Waals surface area contributed by atoms with Crippen molar-refractivity contribution in [2.45, 2.75) is 75.7 Å². The molecule has 0 aliphatic carbocycles. The zero-order valence-electron chi connectivity index (χ0n) is 37.8. The molecule has 3 amide bonds. The smallest absolute Gasteiger partial charge is 0.411 e. The molecule has 2 fully saturated rings. The first-order chi connectivity index (χ1) is 32.5. The number of primary amides is 1. The van der Waals surface area contributed by atoms with Crippen LogP contribution in [-0.2, 0) is 20.7 Å². The number of hydrogen-bond donors (Lipinski definition) is 3. The van der Waals surface area contributed by atoms with Crippen LogP contribution in [0.1, 0.15) is 103 Å². The first kappa shape index (κ1) is 47.6. The van der Waals surface area contributed by atoms with Crippen LogP contribution >= 0.6 is 0 Å². The van der Waals surface area contributed by atoms with E-state index in [0.717, 1.165) is 44.8 Å². The van der Waals surface area contributed by atoms with Crippen LogP contribution in [0.3, 0.4) is 0 Å². The van der Waals surface area contributed by atoms with Crippen molar-refractivity contribution in [1.82, 2.24) is 19.8 Å². The van der Waals surface area contributed by atoms with E-state index in [2.05, 4.69) is 16.0 Å². The summed E-state index contributed by atoms with van der Waals surface area (Å²) in [4.78, 5) is 49.6. The van der Waals surface area contributed by atoms with Gasteiger partial charge in [-0.05, 0) is 86.1 Å². The highest BCUT2D eigenvalue weighted by molar-refractivity contribution is 5.92. The molecular weight excluding hydrogens is 845 g/mol. The lowest BCUT2D eigenvalue weighted by Gasteiger charge is -2.43. The summed E-state index contributed by atoms with van der Waals surface area (Å²) < 4.78 is 12.1. The number of rotatable bonds is 15. The first-order valence-electron chi connectivity index (χ1n) is 22.6. The molecule has 6 aromatic rings. The summed E-state index contributed by atoms with van der Waals surface area (Å²) in [6.07, 6.45) is 5.96. The zero-order valence-corrected chi connectivity index (χ0v) is 37.8. The Hall–Kier alpha value is -7.40. The quantitative estimate of drug-likeness (QED) is 0.0894. The maximum atomic E-state index is 13.1. The molecule has 8 rings (SSSR count). The molecule has 2 aliphatic rings. The maximum absolute atomic E-state index is 13.1. The summed E-state index contributed by atoms with van der Waals surface area (Å²) in [7, 11) is 0. The minimum atomic E-state index is -0.718. The number of carbonyl (C=O) groups is 3. The van der Waals surface area contributed by atoms with Crippen LogP contribution in [0.2, 0.25) is 0 Å². The zero-order chi connectivity index (χ0) is 47.4. The maximum Gasteiger partial charge on any atom is 0.411 e. The number of hydrogen-bond acceptors (Lipinski definition) is 10. The van der Waals surface area contributed by atoms with Gasteiger partial charge in [0.25, 0.3) is 0 Å².